The Bertz CT molecular complexity index is 762. The summed E-state index contributed by atoms with van der Waals surface area (Å²) in [7, 11) is 0. The number of benzene rings is 2. The Kier molecular flexibility index (Phi) is 6.15. The molecule has 1 aliphatic heterocycles. The maximum absolute atomic E-state index is 12.3. The van der Waals surface area contributed by atoms with Gasteiger partial charge in [0.1, 0.15) is 5.75 Å². The molecule has 4 heteroatoms. The number of Topliss-reactive ketones (excluding diaryl/α,β-unsaturated/α-hetero) is 1. The third-order valence-corrected chi connectivity index (χ3v) is 5.88. The minimum Gasteiger partial charge on any atom is -0.508 e. The van der Waals surface area contributed by atoms with Crippen molar-refractivity contribution in [3.8, 4) is 5.75 Å². The van der Waals surface area contributed by atoms with E-state index >= 15 is 0 Å². The number of nitrogens with zero attached hydrogens (tertiary/aromatic N) is 1. The third kappa shape index (κ3) is 3.72. The van der Waals surface area contributed by atoms with E-state index in [2.05, 4.69) is 11.0 Å². The van der Waals surface area contributed by atoms with Gasteiger partial charge in [0.05, 0.1) is 0 Å². The summed E-state index contributed by atoms with van der Waals surface area (Å²) in [6.07, 6.45) is 4.78. The molecule has 3 nitrogen and oxygen atoms in total. The lowest BCUT2D eigenvalue weighted by Gasteiger charge is -2.33. The van der Waals surface area contributed by atoms with Crippen molar-refractivity contribution in [2.75, 3.05) is 13.1 Å². The molecular formula is C22H26BrNO2. The molecule has 0 amide bonds. The maximum atomic E-state index is 12.3. The number of carbonyl (C=O) groups is 1. The summed E-state index contributed by atoms with van der Waals surface area (Å²) in [5.74, 6) is 1.25. The predicted molar refractivity (Wildman–Crippen MR) is 109 cm³/mol. The third-order valence-electron chi connectivity index (χ3n) is 5.88. The summed E-state index contributed by atoms with van der Waals surface area (Å²) in [5, 5.41) is 10.1. The quantitative estimate of drug-likeness (QED) is 0.716. The van der Waals surface area contributed by atoms with Crippen molar-refractivity contribution in [2.24, 2.45) is 0 Å². The Balaban J connectivity index is 0.00000196. The molecule has 1 saturated heterocycles. The second-order valence-electron chi connectivity index (χ2n) is 7.27. The number of ketones is 1. The largest absolute Gasteiger partial charge is 0.508 e. The van der Waals surface area contributed by atoms with Crippen LogP contribution < -0.4 is 0 Å². The molecule has 0 saturated carbocycles. The Hall–Kier alpha value is -1.65. The number of carbonyl (C=O) groups excluding carboxylic acids is 1. The van der Waals surface area contributed by atoms with Gasteiger partial charge in [0, 0.05) is 23.9 Å². The second kappa shape index (κ2) is 8.36. The van der Waals surface area contributed by atoms with Crippen LogP contribution in [0.15, 0.2) is 48.5 Å². The highest BCUT2D eigenvalue weighted by Crippen LogP contribution is 2.43. The molecule has 138 valence electrons. The van der Waals surface area contributed by atoms with E-state index in [1.54, 1.807) is 6.07 Å². The summed E-state index contributed by atoms with van der Waals surface area (Å²) in [5.41, 5.74) is 3.33. The van der Waals surface area contributed by atoms with Crippen LogP contribution in [-0.4, -0.2) is 34.9 Å². The van der Waals surface area contributed by atoms with Gasteiger partial charge in [-0.15, -0.1) is 17.0 Å². The second-order valence-corrected chi connectivity index (χ2v) is 7.27. The topological polar surface area (TPSA) is 40.5 Å². The fourth-order valence-electron chi connectivity index (χ4n) is 4.66. The van der Waals surface area contributed by atoms with Gasteiger partial charge in [-0.2, -0.15) is 0 Å². The molecule has 2 atom stereocenters. The number of hydrogen-bond acceptors (Lipinski definition) is 3. The Morgan fingerprint density at radius 3 is 2.69 bits per heavy atom. The van der Waals surface area contributed by atoms with Crippen LogP contribution in [0.4, 0.5) is 0 Å². The van der Waals surface area contributed by atoms with Gasteiger partial charge in [-0.25, -0.2) is 0 Å². The van der Waals surface area contributed by atoms with Crippen LogP contribution in [0.1, 0.15) is 53.1 Å². The number of likely N-dealkylation sites (tertiary alicyclic amines) is 1. The fraction of sp³-hybridized carbons (Fsp3) is 0.409. The van der Waals surface area contributed by atoms with E-state index in [0.717, 1.165) is 49.9 Å². The molecule has 0 spiro atoms. The molecule has 0 radical (unpaired) electrons. The summed E-state index contributed by atoms with van der Waals surface area (Å²) in [4.78, 5) is 14.8. The highest BCUT2D eigenvalue weighted by molar-refractivity contribution is 8.93. The first-order chi connectivity index (χ1) is 12.2. The first-order valence-electron chi connectivity index (χ1n) is 9.37. The van der Waals surface area contributed by atoms with Crippen LogP contribution in [0.25, 0.3) is 0 Å². The summed E-state index contributed by atoms with van der Waals surface area (Å²) < 4.78 is 0. The van der Waals surface area contributed by atoms with Crippen molar-refractivity contribution in [1.82, 2.24) is 4.90 Å². The zero-order valence-corrected chi connectivity index (χ0v) is 16.6. The van der Waals surface area contributed by atoms with Crippen LogP contribution >= 0.6 is 17.0 Å². The Morgan fingerprint density at radius 1 is 1.08 bits per heavy atom. The van der Waals surface area contributed by atoms with Crippen molar-refractivity contribution in [2.45, 2.75) is 44.1 Å². The number of hydrogen-bond donors (Lipinski definition) is 1. The lowest BCUT2D eigenvalue weighted by molar-refractivity contribution is 0.0972. The monoisotopic (exact) mass is 415 g/mol. The van der Waals surface area contributed by atoms with Crippen LogP contribution in [-0.2, 0) is 6.42 Å². The summed E-state index contributed by atoms with van der Waals surface area (Å²) >= 11 is 0. The zero-order chi connectivity index (χ0) is 17.2. The van der Waals surface area contributed by atoms with Crippen LogP contribution in [0.2, 0.25) is 0 Å². The van der Waals surface area contributed by atoms with Gasteiger partial charge in [0.25, 0.3) is 0 Å². The van der Waals surface area contributed by atoms with Crippen molar-refractivity contribution >= 4 is 22.8 Å². The smallest absolute Gasteiger partial charge is 0.162 e. The van der Waals surface area contributed by atoms with Crippen molar-refractivity contribution in [1.29, 1.82) is 0 Å². The van der Waals surface area contributed by atoms with E-state index in [0.29, 0.717) is 24.1 Å². The van der Waals surface area contributed by atoms with E-state index < -0.39 is 0 Å². The van der Waals surface area contributed by atoms with Gasteiger partial charge in [-0.3, -0.25) is 9.69 Å². The lowest BCUT2D eigenvalue weighted by atomic mass is 9.79. The average molecular weight is 416 g/mol. The number of phenols is 1. The van der Waals surface area contributed by atoms with E-state index in [1.165, 1.54) is 5.56 Å². The SMILES string of the molecule is Br.O=C(CCCN1CC[C@H]2c3cccc(O)c3CC[C@H]21)c1ccccc1. The summed E-state index contributed by atoms with van der Waals surface area (Å²) in [6.45, 7) is 2.10. The van der Waals surface area contributed by atoms with Crippen molar-refractivity contribution in [3.63, 3.8) is 0 Å². The molecule has 26 heavy (non-hydrogen) atoms. The Labute approximate surface area is 165 Å². The molecule has 2 aromatic carbocycles. The average Bonchev–Trinajstić information content (AvgIpc) is 3.06. The van der Waals surface area contributed by atoms with Crippen molar-refractivity contribution < 1.29 is 9.90 Å². The Morgan fingerprint density at radius 2 is 1.88 bits per heavy atom. The number of fused-ring (bicyclic) bond motifs is 3. The van der Waals surface area contributed by atoms with Gasteiger partial charge in [0.2, 0.25) is 0 Å². The molecule has 0 bridgehead atoms. The zero-order valence-electron chi connectivity index (χ0n) is 14.9. The number of rotatable bonds is 5. The maximum Gasteiger partial charge on any atom is 0.162 e. The molecule has 4 rings (SSSR count). The van der Waals surface area contributed by atoms with Crippen LogP contribution in [0, 0.1) is 0 Å². The molecule has 0 aromatic heterocycles. The van der Waals surface area contributed by atoms with Gasteiger partial charge >= 0.3 is 0 Å². The number of aromatic hydroxyl groups is 1. The fourth-order valence-corrected chi connectivity index (χ4v) is 4.66. The van der Waals surface area contributed by atoms with E-state index in [4.69, 9.17) is 0 Å². The van der Waals surface area contributed by atoms with Crippen LogP contribution in [0.5, 0.6) is 5.75 Å². The van der Waals surface area contributed by atoms with E-state index in [-0.39, 0.29) is 22.8 Å². The molecular weight excluding hydrogens is 390 g/mol. The minimum atomic E-state index is 0. The van der Waals surface area contributed by atoms with Gasteiger partial charge in [-0.1, -0.05) is 42.5 Å². The standard InChI is InChI=1S/C22H25NO2.BrH/c24-21(16-6-2-1-3-7-16)10-5-14-23-15-13-18-17-8-4-9-22(25)19(17)11-12-20(18)23;/h1-4,6-9,18,20,25H,5,10-15H2;1H/t18-,20+;/m0./s1. The van der Waals surface area contributed by atoms with E-state index in [9.17, 15) is 9.90 Å². The molecule has 1 fully saturated rings. The van der Waals surface area contributed by atoms with Gasteiger partial charge in [-0.05, 0) is 56.0 Å². The predicted octanol–water partition coefficient (Wildman–Crippen LogP) is 4.74. The van der Waals surface area contributed by atoms with Gasteiger partial charge in [0.15, 0.2) is 5.78 Å². The summed E-state index contributed by atoms with van der Waals surface area (Å²) in [6, 6.07) is 16.1. The van der Waals surface area contributed by atoms with Gasteiger partial charge < -0.3 is 5.11 Å². The minimum absolute atomic E-state index is 0. The normalized spacial score (nSPS) is 21.5. The molecule has 1 heterocycles. The van der Waals surface area contributed by atoms with E-state index in [1.807, 2.05) is 36.4 Å². The first-order valence-corrected chi connectivity index (χ1v) is 9.37. The molecule has 1 N–H and O–H groups in total. The highest BCUT2D eigenvalue weighted by Gasteiger charge is 2.38. The lowest BCUT2D eigenvalue weighted by Crippen LogP contribution is -2.35. The van der Waals surface area contributed by atoms with Crippen LogP contribution in [0.3, 0.4) is 0 Å². The molecule has 2 aliphatic rings. The highest BCUT2D eigenvalue weighted by atomic mass is 79.9. The van der Waals surface area contributed by atoms with Crippen molar-refractivity contribution in [3.05, 3.63) is 65.2 Å². The number of phenolic OH excluding ortho intramolecular Hbond substituents is 1. The molecule has 2 aromatic rings. The first kappa shape index (κ1) is 19.1. The molecule has 1 aliphatic carbocycles. The number of halogens is 1. The molecule has 0 unspecified atom stereocenters.